The van der Waals surface area contributed by atoms with Gasteiger partial charge in [0.2, 0.25) is 0 Å². The van der Waals surface area contributed by atoms with Crippen molar-refractivity contribution in [2.45, 2.75) is 13.0 Å². The zero-order valence-electron chi connectivity index (χ0n) is 13.6. The van der Waals surface area contributed by atoms with Crippen molar-refractivity contribution in [1.29, 1.82) is 0 Å². The van der Waals surface area contributed by atoms with Crippen LogP contribution in [-0.2, 0) is 0 Å². The van der Waals surface area contributed by atoms with E-state index in [0.29, 0.717) is 11.3 Å². The first-order valence-electron chi connectivity index (χ1n) is 7.57. The number of halogens is 1. The lowest BCUT2D eigenvalue weighted by Gasteiger charge is -2.12. The molecule has 2 aromatic rings. The van der Waals surface area contributed by atoms with E-state index in [0.717, 1.165) is 15.6 Å². The molecule has 0 radical (unpaired) electrons. The topological polar surface area (TPSA) is 58.6 Å². The number of carbonyl (C=O) groups is 1. The van der Waals surface area contributed by atoms with Gasteiger partial charge >= 0.3 is 0 Å². The number of hydrogen-bond donors (Lipinski definition) is 2. The quantitative estimate of drug-likeness (QED) is 0.739. The number of ether oxygens (including phenoxy) is 1. The van der Waals surface area contributed by atoms with Gasteiger partial charge in [-0.15, -0.1) is 0 Å². The fourth-order valence-electron chi connectivity index (χ4n) is 2.12. The maximum absolute atomic E-state index is 12.2. The zero-order chi connectivity index (χ0) is 17.5. The molecule has 0 aliphatic carbocycles. The molecule has 24 heavy (non-hydrogen) atoms. The number of amides is 1. The number of aliphatic hydroxyl groups is 1. The maximum Gasteiger partial charge on any atom is 0.251 e. The lowest BCUT2D eigenvalue weighted by Crippen LogP contribution is -2.34. The first-order valence-corrected chi connectivity index (χ1v) is 8.36. The number of carbonyl (C=O) groups excluding carboxylic acids is 1. The van der Waals surface area contributed by atoms with E-state index in [1.807, 2.05) is 36.4 Å². The summed E-state index contributed by atoms with van der Waals surface area (Å²) in [6, 6.07) is 12.9. The Morgan fingerprint density at radius 1 is 1.25 bits per heavy atom. The number of rotatable bonds is 6. The van der Waals surface area contributed by atoms with Crippen LogP contribution in [0.4, 0.5) is 0 Å². The van der Waals surface area contributed by atoms with Crippen LogP contribution in [0.5, 0.6) is 5.75 Å². The highest BCUT2D eigenvalue weighted by atomic mass is 79.9. The van der Waals surface area contributed by atoms with Crippen molar-refractivity contribution in [3.05, 3.63) is 63.6 Å². The van der Waals surface area contributed by atoms with E-state index in [4.69, 9.17) is 9.84 Å². The highest BCUT2D eigenvalue weighted by molar-refractivity contribution is 9.10. The van der Waals surface area contributed by atoms with Crippen LogP contribution < -0.4 is 10.1 Å². The van der Waals surface area contributed by atoms with Crippen molar-refractivity contribution in [1.82, 2.24) is 5.32 Å². The van der Waals surface area contributed by atoms with E-state index in [-0.39, 0.29) is 18.6 Å². The van der Waals surface area contributed by atoms with Gasteiger partial charge < -0.3 is 15.2 Å². The van der Waals surface area contributed by atoms with Crippen molar-refractivity contribution >= 4 is 34.0 Å². The molecule has 1 unspecified atom stereocenters. The van der Waals surface area contributed by atoms with Gasteiger partial charge in [0.15, 0.2) is 0 Å². The molecule has 5 heteroatoms. The normalized spacial score (nSPS) is 12.2. The molecule has 126 valence electrons. The van der Waals surface area contributed by atoms with Gasteiger partial charge in [0.05, 0.1) is 13.7 Å². The predicted molar refractivity (Wildman–Crippen MR) is 100 cm³/mol. The molecule has 0 saturated heterocycles. The van der Waals surface area contributed by atoms with Crippen LogP contribution >= 0.6 is 15.9 Å². The minimum absolute atomic E-state index is 0.0990. The second kappa shape index (κ2) is 8.66. The lowest BCUT2D eigenvalue weighted by atomic mass is 10.1. The summed E-state index contributed by atoms with van der Waals surface area (Å²) < 4.78 is 6.38. The van der Waals surface area contributed by atoms with Crippen molar-refractivity contribution in [2.24, 2.45) is 0 Å². The molecule has 2 N–H and O–H groups in total. The molecule has 0 aliphatic heterocycles. The molecule has 0 bridgehead atoms. The molecule has 2 rings (SSSR count). The third kappa shape index (κ3) is 4.94. The molecule has 0 aromatic heterocycles. The minimum atomic E-state index is -0.290. The monoisotopic (exact) mass is 389 g/mol. The average molecular weight is 390 g/mol. The summed E-state index contributed by atoms with van der Waals surface area (Å²) >= 11 is 3.41. The zero-order valence-corrected chi connectivity index (χ0v) is 15.2. The fraction of sp³-hybridized carbons (Fsp3) is 0.211. The van der Waals surface area contributed by atoms with Crippen LogP contribution in [0.25, 0.3) is 12.2 Å². The van der Waals surface area contributed by atoms with Gasteiger partial charge in [-0.1, -0.05) is 40.2 Å². The Kier molecular flexibility index (Phi) is 6.58. The van der Waals surface area contributed by atoms with E-state index in [9.17, 15) is 4.79 Å². The van der Waals surface area contributed by atoms with Crippen LogP contribution in [0.2, 0.25) is 0 Å². The van der Waals surface area contributed by atoms with Crippen LogP contribution in [0.3, 0.4) is 0 Å². The van der Waals surface area contributed by atoms with Crippen molar-refractivity contribution in [3.8, 4) is 5.75 Å². The second-order valence-electron chi connectivity index (χ2n) is 5.40. The Hall–Kier alpha value is -2.11. The van der Waals surface area contributed by atoms with Gasteiger partial charge in [-0.3, -0.25) is 4.79 Å². The molecule has 2 aromatic carbocycles. The highest BCUT2D eigenvalue weighted by Gasteiger charge is 2.11. The maximum atomic E-state index is 12.2. The number of nitrogens with one attached hydrogen (secondary N) is 1. The standard InChI is InChI=1S/C19H20BrNO3/c1-13(12-22)21-19(23)16-7-10-18(24-2)15(11-16)6-3-14-4-8-17(20)9-5-14/h3-11,13,22H,12H2,1-2H3,(H,21,23). The largest absolute Gasteiger partial charge is 0.496 e. The molecule has 0 heterocycles. The van der Waals surface area contributed by atoms with Gasteiger partial charge in [0, 0.05) is 21.6 Å². The molecular weight excluding hydrogens is 370 g/mol. The van der Waals surface area contributed by atoms with Gasteiger partial charge in [-0.05, 0) is 42.8 Å². The number of methoxy groups -OCH3 is 1. The molecule has 1 atom stereocenters. The van der Waals surface area contributed by atoms with Gasteiger partial charge in [0.25, 0.3) is 5.91 Å². The Morgan fingerprint density at radius 3 is 2.58 bits per heavy atom. The number of benzene rings is 2. The Balaban J connectivity index is 2.25. The second-order valence-corrected chi connectivity index (χ2v) is 6.31. The van der Waals surface area contributed by atoms with Crippen molar-refractivity contribution < 1.29 is 14.6 Å². The van der Waals surface area contributed by atoms with Crippen LogP contribution in [-0.4, -0.2) is 30.8 Å². The van der Waals surface area contributed by atoms with E-state index in [1.165, 1.54) is 0 Å². The summed E-state index contributed by atoms with van der Waals surface area (Å²) in [5.74, 6) is 0.465. The molecular formula is C19H20BrNO3. The predicted octanol–water partition coefficient (Wildman–Crippen LogP) is 3.74. The average Bonchev–Trinajstić information content (AvgIpc) is 2.60. The summed E-state index contributed by atoms with van der Waals surface area (Å²) in [6.07, 6.45) is 3.87. The molecule has 0 fully saturated rings. The van der Waals surface area contributed by atoms with Gasteiger partial charge in [0.1, 0.15) is 5.75 Å². The van der Waals surface area contributed by atoms with Gasteiger partial charge in [-0.25, -0.2) is 0 Å². The Bertz CT molecular complexity index is 726. The van der Waals surface area contributed by atoms with E-state index in [1.54, 1.807) is 32.2 Å². The van der Waals surface area contributed by atoms with Crippen molar-refractivity contribution in [3.63, 3.8) is 0 Å². The SMILES string of the molecule is COc1ccc(C(=O)NC(C)CO)cc1C=Cc1ccc(Br)cc1. The number of hydrogen-bond acceptors (Lipinski definition) is 3. The smallest absolute Gasteiger partial charge is 0.251 e. The van der Waals surface area contributed by atoms with Gasteiger partial charge in [-0.2, -0.15) is 0 Å². The fourth-order valence-corrected chi connectivity index (χ4v) is 2.38. The van der Waals surface area contributed by atoms with Crippen LogP contribution in [0, 0.1) is 0 Å². The highest BCUT2D eigenvalue weighted by Crippen LogP contribution is 2.23. The van der Waals surface area contributed by atoms with E-state index in [2.05, 4.69) is 21.2 Å². The number of aliphatic hydroxyl groups excluding tert-OH is 1. The Labute approximate surface area is 150 Å². The van der Waals surface area contributed by atoms with Crippen LogP contribution in [0.1, 0.15) is 28.4 Å². The van der Waals surface area contributed by atoms with Crippen LogP contribution in [0.15, 0.2) is 46.9 Å². The summed E-state index contributed by atoms with van der Waals surface area (Å²) in [5.41, 5.74) is 2.38. The van der Waals surface area contributed by atoms with Crippen molar-refractivity contribution in [2.75, 3.05) is 13.7 Å². The first-order chi connectivity index (χ1) is 11.5. The lowest BCUT2D eigenvalue weighted by molar-refractivity contribution is 0.0922. The summed E-state index contributed by atoms with van der Waals surface area (Å²) in [7, 11) is 1.60. The van der Waals surface area contributed by atoms with E-state index >= 15 is 0 Å². The third-order valence-corrected chi connectivity index (χ3v) is 4.00. The summed E-state index contributed by atoms with van der Waals surface area (Å²) in [6.45, 7) is 1.65. The summed E-state index contributed by atoms with van der Waals surface area (Å²) in [4.78, 5) is 12.2. The molecule has 0 spiro atoms. The molecule has 0 aliphatic rings. The van der Waals surface area contributed by atoms with E-state index < -0.39 is 0 Å². The Morgan fingerprint density at radius 2 is 1.96 bits per heavy atom. The molecule has 1 amide bonds. The minimum Gasteiger partial charge on any atom is -0.496 e. The molecule has 0 saturated carbocycles. The third-order valence-electron chi connectivity index (χ3n) is 3.47. The molecule has 4 nitrogen and oxygen atoms in total. The first kappa shape index (κ1) is 18.2. The summed E-state index contributed by atoms with van der Waals surface area (Å²) in [5, 5.41) is 11.8.